The fourth-order valence-electron chi connectivity index (χ4n) is 4.11. The van der Waals surface area contributed by atoms with Crippen LogP contribution in [0.2, 0.25) is 0 Å². The molecule has 180 valence electrons. The molecular formula is C27H24O8. The maximum atomic E-state index is 13.0. The van der Waals surface area contributed by atoms with Crippen LogP contribution in [0.1, 0.15) is 26.3 Å². The van der Waals surface area contributed by atoms with Gasteiger partial charge in [0.2, 0.25) is 0 Å². The molecule has 0 amide bonds. The fraction of sp³-hybridized carbons (Fsp3) is 0.259. The Hall–Kier alpha value is -3.56. The van der Waals surface area contributed by atoms with Crippen molar-refractivity contribution in [3.05, 3.63) is 108 Å². The van der Waals surface area contributed by atoms with E-state index in [1.807, 2.05) is 18.2 Å². The lowest BCUT2D eigenvalue weighted by Gasteiger charge is -2.36. The summed E-state index contributed by atoms with van der Waals surface area (Å²) < 4.78 is 35.3. The molecule has 0 spiro atoms. The van der Waals surface area contributed by atoms with Crippen molar-refractivity contribution < 1.29 is 38.0 Å². The standard InChI is InChI=1S/C27H24O8/c1-30-27(20-15-9-4-10-16-20)34-23-22(33-25(29)19-13-7-3-8-14-19)21(17-31-26(23)35-27)32-24(28)18-11-5-2-6-12-18/h2-16,21-23,26H,17H2,1H3. The first kappa shape index (κ1) is 23.2. The molecule has 35 heavy (non-hydrogen) atoms. The molecule has 0 radical (unpaired) electrons. The molecule has 2 fully saturated rings. The predicted octanol–water partition coefficient (Wildman–Crippen LogP) is 3.67. The van der Waals surface area contributed by atoms with Crippen LogP contribution in [-0.2, 0) is 34.4 Å². The number of carbonyl (C=O) groups is 2. The lowest BCUT2D eigenvalue weighted by molar-refractivity contribution is -0.354. The highest BCUT2D eigenvalue weighted by atomic mass is 16.9. The van der Waals surface area contributed by atoms with Crippen molar-refractivity contribution in [1.82, 2.24) is 0 Å². The lowest BCUT2D eigenvalue weighted by atomic mass is 10.0. The number of methoxy groups -OCH3 is 1. The first-order valence-electron chi connectivity index (χ1n) is 11.2. The molecule has 5 atom stereocenters. The van der Waals surface area contributed by atoms with Crippen molar-refractivity contribution in [2.45, 2.75) is 30.6 Å². The highest BCUT2D eigenvalue weighted by molar-refractivity contribution is 5.90. The molecule has 0 saturated carbocycles. The van der Waals surface area contributed by atoms with Crippen LogP contribution in [0.3, 0.4) is 0 Å². The van der Waals surface area contributed by atoms with Crippen LogP contribution in [0.5, 0.6) is 0 Å². The summed E-state index contributed by atoms with van der Waals surface area (Å²) in [5.74, 6) is -2.74. The van der Waals surface area contributed by atoms with E-state index in [1.54, 1.807) is 72.8 Å². The summed E-state index contributed by atoms with van der Waals surface area (Å²) in [5.41, 5.74) is 1.32. The van der Waals surface area contributed by atoms with Crippen molar-refractivity contribution in [3.63, 3.8) is 0 Å². The Morgan fingerprint density at radius 2 is 1.31 bits per heavy atom. The molecule has 8 heteroatoms. The summed E-state index contributed by atoms with van der Waals surface area (Å²) in [4.78, 5) is 25.8. The molecule has 2 saturated heterocycles. The minimum absolute atomic E-state index is 0.0651. The van der Waals surface area contributed by atoms with Gasteiger partial charge >= 0.3 is 17.9 Å². The minimum atomic E-state index is -1.58. The molecule has 5 unspecified atom stereocenters. The third-order valence-electron chi connectivity index (χ3n) is 5.86. The molecule has 5 rings (SSSR count). The maximum Gasteiger partial charge on any atom is 0.338 e. The smallest absolute Gasteiger partial charge is 0.338 e. The molecular weight excluding hydrogens is 452 g/mol. The average Bonchev–Trinajstić information content (AvgIpc) is 3.32. The fourth-order valence-corrected chi connectivity index (χ4v) is 4.11. The molecule has 2 aliphatic heterocycles. The zero-order chi connectivity index (χ0) is 24.3. The largest absolute Gasteiger partial charge is 0.452 e. The first-order chi connectivity index (χ1) is 17.1. The first-order valence-corrected chi connectivity index (χ1v) is 11.2. The minimum Gasteiger partial charge on any atom is -0.452 e. The molecule has 8 nitrogen and oxygen atoms in total. The number of fused-ring (bicyclic) bond motifs is 1. The van der Waals surface area contributed by atoms with Crippen molar-refractivity contribution >= 4 is 11.9 Å². The van der Waals surface area contributed by atoms with Crippen LogP contribution in [0, 0.1) is 0 Å². The van der Waals surface area contributed by atoms with Crippen molar-refractivity contribution in [2.24, 2.45) is 0 Å². The van der Waals surface area contributed by atoms with Gasteiger partial charge in [-0.05, 0) is 24.3 Å². The molecule has 0 bridgehead atoms. The summed E-state index contributed by atoms with van der Waals surface area (Å²) in [6.45, 7) is -0.0651. The Morgan fingerprint density at radius 3 is 1.89 bits per heavy atom. The summed E-state index contributed by atoms with van der Waals surface area (Å²) >= 11 is 0. The summed E-state index contributed by atoms with van der Waals surface area (Å²) in [6.07, 6.45) is -3.81. The van der Waals surface area contributed by atoms with Gasteiger partial charge in [-0.15, -0.1) is 0 Å². The van der Waals surface area contributed by atoms with Gasteiger partial charge < -0.3 is 23.7 Å². The van der Waals surface area contributed by atoms with Gasteiger partial charge in [-0.2, -0.15) is 0 Å². The lowest BCUT2D eigenvalue weighted by Crippen LogP contribution is -2.55. The zero-order valence-corrected chi connectivity index (χ0v) is 18.9. The molecule has 0 aromatic heterocycles. The molecule has 3 aromatic carbocycles. The van der Waals surface area contributed by atoms with E-state index >= 15 is 0 Å². The van der Waals surface area contributed by atoms with Crippen LogP contribution < -0.4 is 0 Å². The zero-order valence-electron chi connectivity index (χ0n) is 18.9. The maximum absolute atomic E-state index is 13.0. The van der Waals surface area contributed by atoms with E-state index in [1.165, 1.54) is 7.11 Å². The molecule has 0 aliphatic carbocycles. The van der Waals surface area contributed by atoms with E-state index in [4.69, 9.17) is 28.4 Å². The topological polar surface area (TPSA) is 89.5 Å². The highest BCUT2D eigenvalue weighted by Gasteiger charge is 2.59. The van der Waals surface area contributed by atoms with Crippen LogP contribution >= 0.6 is 0 Å². The Bertz CT molecular complexity index is 1150. The van der Waals surface area contributed by atoms with Crippen LogP contribution in [-0.4, -0.2) is 50.3 Å². The number of benzene rings is 3. The number of esters is 2. The predicted molar refractivity (Wildman–Crippen MR) is 122 cm³/mol. The molecule has 2 aliphatic rings. The van der Waals surface area contributed by atoms with Gasteiger partial charge in [0.25, 0.3) is 0 Å². The number of hydrogen-bond donors (Lipinski definition) is 0. The van der Waals surface area contributed by atoms with Crippen LogP contribution in [0.25, 0.3) is 0 Å². The molecule has 0 N–H and O–H groups in total. The van der Waals surface area contributed by atoms with Gasteiger partial charge in [0.05, 0.1) is 17.7 Å². The normalized spacial score (nSPS) is 27.6. The highest BCUT2D eigenvalue weighted by Crippen LogP contribution is 2.43. The van der Waals surface area contributed by atoms with Crippen molar-refractivity contribution in [1.29, 1.82) is 0 Å². The summed E-state index contributed by atoms with van der Waals surface area (Å²) in [5, 5.41) is 0. The monoisotopic (exact) mass is 476 g/mol. The second-order valence-electron chi connectivity index (χ2n) is 8.07. The van der Waals surface area contributed by atoms with E-state index in [9.17, 15) is 9.59 Å². The van der Waals surface area contributed by atoms with E-state index in [0.29, 0.717) is 16.7 Å². The van der Waals surface area contributed by atoms with Gasteiger partial charge in [0.15, 0.2) is 24.6 Å². The third kappa shape index (κ3) is 4.69. The van der Waals surface area contributed by atoms with Gasteiger partial charge in [-0.3, -0.25) is 4.74 Å². The molecule has 2 heterocycles. The van der Waals surface area contributed by atoms with Gasteiger partial charge in [0, 0.05) is 12.7 Å². The number of carbonyl (C=O) groups excluding carboxylic acids is 2. The van der Waals surface area contributed by atoms with Gasteiger partial charge in [-0.25, -0.2) is 9.59 Å². The van der Waals surface area contributed by atoms with Crippen LogP contribution in [0.15, 0.2) is 91.0 Å². The van der Waals surface area contributed by atoms with E-state index < -0.39 is 42.5 Å². The SMILES string of the molecule is COC1(c2ccccc2)OC2OCC(OC(=O)c3ccccc3)C(OC(=O)c3ccccc3)C2O1. The van der Waals surface area contributed by atoms with Crippen LogP contribution in [0.4, 0.5) is 0 Å². The van der Waals surface area contributed by atoms with E-state index in [2.05, 4.69) is 0 Å². The van der Waals surface area contributed by atoms with Gasteiger partial charge in [0.1, 0.15) is 0 Å². The van der Waals surface area contributed by atoms with E-state index in [-0.39, 0.29) is 6.61 Å². The Balaban J connectivity index is 1.43. The van der Waals surface area contributed by atoms with E-state index in [0.717, 1.165) is 0 Å². The second kappa shape index (κ2) is 9.97. The van der Waals surface area contributed by atoms with Crippen molar-refractivity contribution in [2.75, 3.05) is 13.7 Å². The third-order valence-corrected chi connectivity index (χ3v) is 5.86. The van der Waals surface area contributed by atoms with Gasteiger partial charge in [-0.1, -0.05) is 66.7 Å². The number of ether oxygens (including phenoxy) is 6. The Labute approximate surface area is 202 Å². The number of rotatable bonds is 6. The Kier molecular flexibility index (Phi) is 6.61. The second-order valence-corrected chi connectivity index (χ2v) is 8.07. The van der Waals surface area contributed by atoms with Crippen molar-refractivity contribution in [3.8, 4) is 0 Å². The molecule has 3 aromatic rings. The number of hydrogen-bond acceptors (Lipinski definition) is 8. The quantitative estimate of drug-likeness (QED) is 0.498. The Morgan fingerprint density at radius 1 is 0.771 bits per heavy atom. The average molecular weight is 476 g/mol. The summed E-state index contributed by atoms with van der Waals surface area (Å²) in [6, 6.07) is 26.2. The summed E-state index contributed by atoms with van der Waals surface area (Å²) in [7, 11) is 1.45.